The molecule has 0 aliphatic heterocycles. The molecule has 0 saturated heterocycles. The Bertz CT molecular complexity index is 871. The monoisotopic (exact) mass is 516 g/mol. The lowest BCUT2D eigenvalue weighted by molar-refractivity contribution is -0.154. The molecule has 3 fully saturated rings. The summed E-state index contributed by atoms with van der Waals surface area (Å²) in [5.74, 6) is 3.22. The number of carbonyl (C=O) groups is 2. The lowest BCUT2D eigenvalue weighted by Gasteiger charge is -2.58. The highest BCUT2D eigenvalue weighted by Crippen LogP contribution is 2.67. The van der Waals surface area contributed by atoms with Crippen LogP contribution in [0.1, 0.15) is 118 Å². The van der Waals surface area contributed by atoms with Crippen molar-refractivity contribution in [3.05, 3.63) is 11.6 Å². The maximum absolute atomic E-state index is 12.3. The number of aliphatic hydroxyl groups is 1. The minimum Gasteiger partial charge on any atom is -0.469 e. The van der Waals surface area contributed by atoms with Gasteiger partial charge in [0, 0.05) is 6.42 Å². The Morgan fingerprint density at radius 1 is 1.08 bits per heavy atom. The number of methoxy groups -OCH3 is 1. The number of rotatable bonds is 9. The summed E-state index contributed by atoms with van der Waals surface area (Å²) in [6.45, 7) is 11.5. The van der Waals surface area contributed by atoms with Gasteiger partial charge in [-0.3, -0.25) is 9.59 Å². The second kappa shape index (κ2) is 11.0. The molecule has 4 rings (SSSR count). The molecule has 5 heteroatoms. The van der Waals surface area contributed by atoms with E-state index in [1.165, 1.54) is 51.2 Å². The van der Waals surface area contributed by atoms with Crippen LogP contribution in [0, 0.1) is 40.4 Å². The van der Waals surface area contributed by atoms with Crippen LogP contribution in [-0.2, 0) is 19.1 Å². The standard InChI is InChI=1S/C32H52O5/c1-21(8-7-17-30(2,3)35)25-11-12-26-24-10-9-22-20-23(37-29(34)14-13-28(33)36-6)15-18-31(22,4)27(24)16-19-32(25,26)5/h9,21,23-27,35H,7-8,10-20H2,1-6H3/t21-,23+,24+,25-,26+,27+,31+,32-/m1/s1. The number of hydrogen-bond donors (Lipinski definition) is 1. The van der Waals surface area contributed by atoms with Gasteiger partial charge in [0.05, 0.1) is 25.6 Å². The van der Waals surface area contributed by atoms with Crippen molar-refractivity contribution >= 4 is 11.9 Å². The predicted octanol–water partition coefficient (Wildman–Crippen LogP) is 7.01. The first-order valence-corrected chi connectivity index (χ1v) is 15.1. The average molecular weight is 517 g/mol. The van der Waals surface area contributed by atoms with Crippen molar-refractivity contribution < 1.29 is 24.2 Å². The first-order chi connectivity index (χ1) is 17.4. The summed E-state index contributed by atoms with van der Waals surface area (Å²) in [4.78, 5) is 23.7. The quantitative estimate of drug-likeness (QED) is 0.264. The highest BCUT2D eigenvalue weighted by atomic mass is 16.5. The largest absolute Gasteiger partial charge is 0.469 e. The maximum atomic E-state index is 12.3. The van der Waals surface area contributed by atoms with E-state index in [2.05, 4.69) is 31.6 Å². The molecule has 3 saturated carbocycles. The topological polar surface area (TPSA) is 72.8 Å². The van der Waals surface area contributed by atoms with Gasteiger partial charge in [0.15, 0.2) is 0 Å². The molecule has 0 bridgehead atoms. The molecule has 4 aliphatic carbocycles. The Labute approximate surface area is 225 Å². The summed E-state index contributed by atoms with van der Waals surface area (Å²) in [6.07, 6.45) is 15.3. The van der Waals surface area contributed by atoms with Crippen LogP contribution >= 0.6 is 0 Å². The van der Waals surface area contributed by atoms with Crippen molar-refractivity contribution in [2.45, 2.75) is 130 Å². The summed E-state index contributed by atoms with van der Waals surface area (Å²) < 4.78 is 10.4. The zero-order valence-electron chi connectivity index (χ0n) is 24.3. The molecule has 0 amide bonds. The predicted molar refractivity (Wildman–Crippen MR) is 146 cm³/mol. The lowest BCUT2D eigenvalue weighted by atomic mass is 9.47. The summed E-state index contributed by atoms with van der Waals surface area (Å²) >= 11 is 0. The van der Waals surface area contributed by atoms with Gasteiger partial charge in [-0.2, -0.15) is 0 Å². The van der Waals surface area contributed by atoms with Gasteiger partial charge in [0.25, 0.3) is 0 Å². The van der Waals surface area contributed by atoms with Crippen LogP contribution in [0.3, 0.4) is 0 Å². The van der Waals surface area contributed by atoms with E-state index in [1.54, 1.807) is 0 Å². The number of fused-ring (bicyclic) bond motifs is 5. The number of hydrogen-bond acceptors (Lipinski definition) is 5. The molecule has 210 valence electrons. The van der Waals surface area contributed by atoms with Gasteiger partial charge in [-0.25, -0.2) is 0 Å². The fraction of sp³-hybridized carbons (Fsp3) is 0.875. The van der Waals surface area contributed by atoms with Gasteiger partial charge in [-0.05, 0) is 106 Å². The van der Waals surface area contributed by atoms with E-state index in [0.29, 0.717) is 5.41 Å². The zero-order valence-corrected chi connectivity index (χ0v) is 24.3. The second-order valence-corrected chi connectivity index (χ2v) is 14.1. The van der Waals surface area contributed by atoms with Gasteiger partial charge >= 0.3 is 11.9 Å². The normalized spacial score (nSPS) is 38.0. The Kier molecular flexibility index (Phi) is 8.53. The van der Waals surface area contributed by atoms with Gasteiger partial charge in [-0.15, -0.1) is 0 Å². The van der Waals surface area contributed by atoms with Gasteiger partial charge in [0.2, 0.25) is 0 Å². The molecule has 8 atom stereocenters. The molecule has 37 heavy (non-hydrogen) atoms. The van der Waals surface area contributed by atoms with Gasteiger partial charge < -0.3 is 14.6 Å². The second-order valence-electron chi connectivity index (χ2n) is 14.1. The van der Waals surface area contributed by atoms with E-state index >= 15 is 0 Å². The molecule has 0 aromatic heterocycles. The van der Waals surface area contributed by atoms with Crippen molar-refractivity contribution in [3.63, 3.8) is 0 Å². The van der Waals surface area contributed by atoms with Crippen molar-refractivity contribution in [1.29, 1.82) is 0 Å². The van der Waals surface area contributed by atoms with Gasteiger partial charge in [-0.1, -0.05) is 45.3 Å². The number of carbonyl (C=O) groups excluding carboxylic acids is 2. The third kappa shape index (κ3) is 5.97. The molecular formula is C32H52O5. The first kappa shape index (κ1) is 28.6. The van der Waals surface area contributed by atoms with Crippen LogP contribution in [-0.4, -0.2) is 35.9 Å². The maximum Gasteiger partial charge on any atom is 0.306 e. The molecular weight excluding hydrogens is 464 g/mol. The van der Waals surface area contributed by atoms with E-state index in [9.17, 15) is 14.7 Å². The highest BCUT2D eigenvalue weighted by Gasteiger charge is 2.59. The van der Waals surface area contributed by atoms with E-state index in [0.717, 1.165) is 61.7 Å². The Morgan fingerprint density at radius 2 is 1.81 bits per heavy atom. The number of ether oxygens (including phenoxy) is 2. The van der Waals surface area contributed by atoms with Crippen molar-refractivity contribution in [1.82, 2.24) is 0 Å². The van der Waals surface area contributed by atoms with Crippen molar-refractivity contribution in [3.8, 4) is 0 Å². The zero-order chi connectivity index (χ0) is 27.0. The lowest BCUT2D eigenvalue weighted by Crippen LogP contribution is -2.51. The minimum absolute atomic E-state index is 0.0597. The molecule has 4 aliphatic rings. The molecule has 0 radical (unpaired) electrons. The SMILES string of the molecule is COC(=O)CCC(=O)O[C@H]1CC[C@@]2(C)C(=CC[C@H]3[C@@H]4CC[C@H]([C@H](C)CCCC(C)(C)O)[C@@]4(C)CC[C@@H]32)C1. The third-order valence-electron chi connectivity index (χ3n) is 11.3. The third-order valence-corrected chi connectivity index (χ3v) is 11.3. The summed E-state index contributed by atoms with van der Waals surface area (Å²) in [5, 5.41) is 10.1. The van der Waals surface area contributed by atoms with Crippen LogP contribution in [0.5, 0.6) is 0 Å². The van der Waals surface area contributed by atoms with E-state index in [4.69, 9.17) is 4.74 Å². The molecule has 5 nitrogen and oxygen atoms in total. The van der Waals surface area contributed by atoms with Gasteiger partial charge in [0.1, 0.15) is 6.10 Å². The Hall–Kier alpha value is -1.36. The Morgan fingerprint density at radius 3 is 2.51 bits per heavy atom. The van der Waals surface area contributed by atoms with Crippen molar-refractivity contribution in [2.75, 3.05) is 7.11 Å². The smallest absolute Gasteiger partial charge is 0.306 e. The first-order valence-electron chi connectivity index (χ1n) is 15.1. The van der Waals surface area contributed by atoms with Crippen LogP contribution in [0.2, 0.25) is 0 Å². The van der Waals surface area contributed by atoms with E-state index < -0.39 is 5.60 Å². The van der Waals surface area contributed by atoms with E-state index in [1.807, 2.05) is 13.8 Å². The summed E-state index contributed by atoms with van der Waals surface area (Å²) in [5.41, 5.74) is 1.64. The molecule has 1 N–H and O–H groups in total. The van der Waals surface area contributed by atoms with E-state index in [-0.39, 0.29) is 36.3 Å². The summed E-state index contributed by atoms with van der Waals surface area (Å²) in [7, 11) is 1.35. The van der Waals surface area contributed by atoms with Crippen LogP contribution < -0.4 is 0 Å². The van der Waals surface area contributed by atoms with Crippen LogP contribution in [0.25, 0.3) is 0 Å². The molecule has 0 aromatic carbocycles. The van der Waals surface area contributed by atoms with Crippen LogP contribution in [0.4, 0.5) is 0 Å². The van der Waals surface area contributed by atoms with Crippen LogP contribution in [0.15, 0.2) is 11.6 Å². The summed E-state index contributed by atoms with van der Waals surface area (Å²) in [6, 6.07) is 0. The molecule has 0 heterocycles. The Balaban J connectivity index is 1.38. The molecule has 0 unspecified atom stereocenters. The average Bonchev–Trinajstić information content (AvgIpc) is 3.19. The molecule has 0 aromatic rings. The number of esters is 2. The minimum atomic E-state index is -0.554. The number of allylic oxidation sites excluding steroid dienone is 1. The highest BCUT2D eigenvalue weighted by molar-refractivity contribution is 5.77. The molecule has 0 spiro atoms. The fourth-order valence-corrected chi connectivity index (χ4v) is 9.31. The fourth-order valence-electron chi connectivity index (χ4n) is 9.31. The van der Waals surface area contributed by atoms with Crippen molar-refractivity contribution in [2.24, 2.45) is 40.4 Å².